The summed E-state index contributed by atoms with van der Waals surface area (Å²) in [5.41, 5.74) is 0.474. The molecule has 0 saturated carbocycles. The van der Waals surface area contributed by atoms with Gasteiger partial charge >= 0.3 is 11.8 Å². The summed E-state index contributed by atoms with van der Waals surface area (Å²) in [5, 5.41) is 15.8. The number of benzene rings is 2. The molecule has 2 aromatic rings. The molecule has 132 valence electrons. The fourth-order valence-electron chi connectivity index (χ4n) is 2.22. The van der Waals surface area contributed by atoms with Crippen molar-refractivity contribution in [2.45, 2.75) is 25.4 Å². The van der Waals surface area contributed by atoms with E-state index in [-0.39, 0.29) is 6.54 Å². The highest BCUT2D eigenvalue weighted by molar-refractivity contribution is 6.39. The molecule has 6 heteroatoms. The molecule has 0 heterocycles. The number of carbonyl (C=O) groups excluding carboxylic acids is 2. The van der Waals surface area contributed by atoms with E-state index in [1.807, 2.05) is 30.3 Å². The molecule has 0 bridgehead atoms. The molecule has 2 aromatic carbocycles. The minimum absolute atomic E-state index is 0.00724. The lowest BCUT2D eigenvalue weighted by atomic mass is 9.97. The Balaban J connectivity index is 1.79. The van der Waals surface area contributed by atoms with E-state index >= 15 is 0 Å². The molecule has 2 amide bonds. The number of nitrogens with one attached hydrogen (secondary N) is 2. The second-order valence-electron chi connectivity index (χ2n) is 6.13. The average molecular weight is 361 g/mol. The minimum Gasteiger partial charge on any atom is -0.388 e. The van der Waals surface area contributed by atoms with Gasteiger partial charge in [0, 0.05) is 17.3 Å². The van der Waals surface area contributed by atoms with Crippen molar-refractivity contribution >= 4 is 29.1 Å². The van der Waals surface area contributed by atoms with Crippen molar-refractivity contribution in [1.82, 2.24) is 5.32 Å². The molecular formula is C19H21ClN2O3. The highest BCUT2D eigenvalue weighted by atomic mass is 35.5. The first-order chi connectivity index (χ1) is 11.9. The van der Waals surface area contributed by atoms with Crippen molar-refractivity contribution in [3.05, 3.63) is 65.2 Å². The number of anilines is 1. The lowest BCUT2D eigenvalue weighted by Gasteiger charge is -2.23. The van der Waals surface area contributed by atoms with Crippen LogP contribution in [0.1, 0.15) is 18.9 Å². The van der Waals surface area contributed by atoms with Crippen molar-refractivity contribution in [2.75, 3.05) is 11.9 Å². The fraction of sp³-hybridized carbons (Fsp3) is 0.263. The summed E-state index contributed by atoms with van der Waals surface area (Å²) in [6, 6.07) is 16.2. The van der Waals surface area contributed by atoms with Crippen LogP contribution in [0.4, 0.5) is 5.69 Å². The van der Waals surface area contributed by atoms with Gasteiger partial charge in [-0.2, -0.15) is 0 Å². The summed E-state index contributed by atoms with van der Waals surface area (Å²) < 4.78 is 0. The molecule has 3 N–H and O–H groups in total. The van der Waals surface area contributed by atoms with Crippen LogP contribution in [0.2, 0.25) is 5.02 Å². The summed E-state index contributed by atoms with van der Waals surface area (Å²) >= 11 is 5.76. The van der Waals surface area contributed by atoms with Gasteiger partial charge in [-0.1, -0.05) is 41.9 Å². The molecule has 0 saturated heterocycles. The molecule has 0 radical (unpaired) electrons. The van der Waals surface area contributed by atoms with Crippen LogP contribution in [0, 0.1) is 0 Å². The first-order valence-corrected chi connectivity index (χ1v) is 8.35. The Morgan fingerprint density at radius 2 is 1.68 bits per heavy atom. The molecule has 0 fully saturated rings. The van der Waals surface area contributed by atoms with Crippen molar-refractivity contribution in [3.63, 3.8) is 0 Å². The number of hydrogen-bond donors (Lipinski definition) is 3. The summed E-state index contributed by atoms with van der Waals surface area (Å²) in [5.74, 6) is -1.59. The van der Waals surface area contributed by atoms with Gasteiger partial charge in [0.2, 0.25) is 0 Å². The first kappa shape index (κ1) is 19.0. The van der Waals surface area contributed by atoms with E-state index < -0.39 is 17.4 Å². The quantitative estimate of drug-likeness (QED) is 0.693. The average Bonchev–Trinajstić information content (AvgIpc) is 2.61. The molecule has 1 atom stereocenters. The number of hydrogen-bond acceptors (Lipinski definition) is 3. The summed E-state index contributed by atoms with van der Waals surface area (Å²) in [4.78, 5) is 23.7. The van der Waals surface area contributed by atoms with Gasteiger partial charge in [-0.3, -0.25) is 9.59 Å². The summed E-state index contributed by atoms with van der Waals surface area (Å²) in [6.45, 7) is 1.63. The molecule has 5 nitrogen and oxygen atoms in total. The lowest BCUT2D eigenvalue weighted by molar-refractivity contribution is -0.136. The minimum atomic E-state index is -1.11. The number of aliphatic hydroxyl groups is 1. The van der Waals surface area contributed by atoms with E-state index in [0.717, 1.165) is 5.56 Å². The van der Waals surface area contributed by atoms with Crippen LogP contribution in [-0.2, 0) is 16.0 Å². The molecule has 0 aliphatic carbocycles. The lowest BCUT2D eigenvalue weighted by Crippen LogP contribution is -2.44. The van der Waals surface area contributed by atoms with Gasteiger partial charge in [-0.25, -0.2) is 0 Å². The van der Waals surface area contributed by atoms with Crippen LogP contribution in [0.25, 0.3) is 0 Å². The zero-order valence-corrected chi connectivity index (χ0v) is 14.7. The van der Waals surface area contributed by atoms with Gasteiger partial charge in [0.1, 0.15) is 0 Å². The Morgan fingerprint density at radius 3 is 2.32 bits per heavy atom. The van der Waals surface area contributed by atoms with Crippen molar-refractivity contribution in [1.29, 1.82) is 0 Å². The smallest absolute Gasteiger partial charge is 0.313 e. The van der Waals surface area contributed by atoms with Crippen LogP contribution in [0.3, 0.4) is 0 Å². The van der Waals surface area contributed by atoms with Crippen LogP contribution < -0.4 is 10.6 Å². The number of halogens is 1. The maximum atomic E-state index is 11.9. The zero-order chi connectivity index (χ0) is 18.3. The maximum Gasteiger partial charge on any atom is 0.313 e. The van der Waals surface area contributed by atoms with Gasteiger partial charge in [-0.15, -0.1) is 0 Å². The topological polar surface area (TPSA) is 78.4 Å². The highest BCUT2D eigenvalue weighted by Gasteiger charge is 2.23. The van der Waals surface area contributed by atoms with Gasteiger partial charge in [0.25, 0.3) is 0 Å². The molecule has 0 aliphatic heterocycles. The number of aryl methyl sites for hydroxylation is 1. The van der Waals surface area contributed by atoms with Gasteiger partial charge in [-0.05, 0) is 49.6 Å². The molecule has 25 heavy (non-hydrogen) atoms. The Kier molecular flexibility index (Phi) is 6.56. The highest BCUT2D eigenvalue weighted by Crippen LogP contribution is 2.14. The Morgan fingerprint density at radius 1 is 1.04 bits per heavy atom. The van der Waals surface area contributed by atoms with Crippen molar-refractivity contribution < 1.29 is 14.7 Å². The monoisotopic (exact) mass is 360 g/mol. The Bertz CT molecular complexity index is 715. The largest absolute Gasteiger partial charge is 0.388 e. The maximum absolute atomic E-state index is 11.9. The SMILES string of the molecule is CC(O)(CCc1ccccc1)CNC(=O)C(=O)Nc1ccc(Cl)cc1. The molecule has 1 unspecified atom stereocenters. The number of carbonyl (C=O) groups is 2. The van der Waals surface area contributed by atoms with E-state index in [9.17, 15) is 14.7 Å². The summed E-state index contributed by atoms with van der Waals surface area (Å²) in [7, 11) is 0. The Hall–Kier alpha value is -2.37. The Labute approximate surface area is 152 Å². The number of rotatable bonds is 6. The van der Waals surface area contributed by atoms with Gasteiger partial charge in [0.05, 0.1) is 5.60 Å². The third-order valence-electron chi connectivity index (χ3n) is 3.73. The second-order valence-corrected chi connectivity index (χ2v) is 6.56. The van der Waals surface area contributed by atoms with Crippen molar-refractivity contribution in [3.8, 4) is 0 Å². The molecular weight excluding hydrogens is 340 g/mol. The number of amides is 2. The van der Waals surface area contributed by atoms with E-state index in [0.29, 0.717) is 23.6 Å². The van der Waals surface area contributed by atoms with E-state index in [4.69, 9.17) is 11.6 Å². The first-order valence-electron chi connectivity index (χ1n) is 7.97. The molecule has 2 rings (SSSR count). The van der Waals surface area contributed by atoms with E-state index in [2.05, 4.69) is 10.6 Å². The third-order valence-corrected chi connectivity index (χ3v) is 3.99. The summed E-state index contributed by atoms with van der Waals surface area (Å²) in [6.07, 6.45) is 1.15. The van der Waals surface area contributed by atoms with E-state index in [1.54, 1.807) is 31.2 Å². The standard InChI is InChI=1S/C19H21ClN2O3/c1-19(25,12-11-14-5-3-2-4-6-14)13-21-17(23)18(24)22-16-9-7-15(20)8-10-16/h2-10,25H,11-13H2,1H3,(H,21,23)(H,22,24). The van der Waals surface area contributed by atoms with Crippen LogP contribution in [-0.4, -0.2) is 29.1 Å². The molecule has 0 aromatic heterocycles. The van der Waals surface area contributed by atoms with Crippen LogP contribution in [0.15, 0.2) is 54.6 Å². The molecule has 0 aliphatic rings. The fourth-order valence-corrected chi connectivity index (χ4v) is 2.34. The van der Waals surface area contributed by atoms with Gasteiger partial charge < -0.3 is 15.7 Å². The van der Waals surface area contributed by atoms with E-state index in [1.165, 1.54) is 0 Å². The van der Waals surface area contributed by atoms with Gasteiger partial charge in [0.15, 0.2) is 0 Å². The normalized spacial score (nSPS) is 12.9. The zero-order valence-electron chi connectivity index (χ0n) is 14.0. The van der Waals surface area contributed by atoms with Crippen LogP contribution >= 0.6 is 11.6 Å². The predicted molar refractivity (Wildman–Crippen MR) is 98.5 cm³/mol. The second kappa shape index (κ2) is 8.65. The predicted octanol–water partition coefficient (Wildman–Crippen LogP) is 2.78. The third kappa shape index (κ3) is 6.57. The van der Waals surface area contributed by atoms with Crippen LogP contribution in [0.5, 0.6) is 0 Å². The van der Waals surface area contributed by atoms with Crippen molar-refractivity contribution in [2.24, 2.45) is 0 Å². The molecule has 0 spiro atoms.